The zero-order chi connectivity index (χ0) is 20.9. The van der Waals surface area contributed by atoms with Crippen LogP contribution in [0.25, 0.3) is 0 Å². The molecular weight excluding hydrogens is 370 g/mol. The number of Topliss-reactive ketones (excluding diaryl/α,β-unsaturated/α-hetero) is 1. The Bertz CT molecular complexity index is 954. The van der Waals surface area contributed by atoms with E-state index < -0.39 is 11.9 Å². The lowest BCUT2D eigenvalue weighted by atomic mass is 9.68. The molecule has 1 aromatic carbocycles. The van der Waals surface area contributed by atoms with E-state index in [1.165, 1.54) is 0 Å². The summed E-state index contributed by atoms with van der Waals surface area (Å²) in [6, 6.07) is 5.60. The van der Waals surface area contributed by atoms with Crippen LogP contribution in [0.2, 0.25) is 0 Å². The zero-order valence-electron chi connectivity index (χ0n) is 17.5. The van der Waals surface area contributed by atoms with Gasteiger partial charge in [-0.05, 0) is 50.3 Å². The number of hydrogen-bond acceptors (Lipinski definition) is 6. The molecule has 0 saturated carbocycles. The Balaban J connectivity index is 1.86. The number of carbonyl (C=O) groups excluding carboxylic acids is 2. The molecule has 1 aromatic rings. The van der Waals surface area contributed by atoms with E-state index in [-0.39, 0.29) is 24.1 Å². The zero-order valence-corrected chi connectivity index (χ0v) is 17.5. The minimum Gasteiger partial charge on any atom is -0.460 e. The van der Waals surface area contributed by atoms with Crippen LogP contribution in [0.3, 0.4) is 0 Å². The van der Waals surface area contributed by atoms with Crippen LogP contribution < -0.4 is 14.8 Å². The molecule has 1 aliphatic carbocycles. The number of allylic oxidation sites excluding steroid dienone is 3. The van der Waals surface area contributed by atoms with Crippen molar-refractivity contribution in [3.63, 3.8) is 0 Å². The predicted molar refractivity (Wildman–Crippen MR) is 107 cm³/mol. The van der Waals surface area contributed by atoms with Crippen molar-refractivity contribution < 1.29 is 23.8 Å². The van der Waals surface area contributed by atoms with Crippen LogP contribution in [0.15, 0.2) is 40.7 Å². The first-order chi connectivity index (χ1) is 13.7. The summed E-state index contributed by atoms with van der Waals surface area (Å²) >= 11 is 0. The fourth-order valence-corrected chi connectivity index (χ4v) is 4.41. The molecule has 4 rings (SSSR count). The first kappa shape index (κ1) is 19.6. The van der Waals surface area contributed by atoms with E-state index in [1.54, 1.807) is 0 Å². The van der Waals surface area contributed by atoms with E-state index >= 15 is 0 Å². The Morgan fingerprint density at radius 3 is 2.66 bits per heavy atom. The van der Waals surface area contributed by atoms with Crippen LogP contribution in [0, 0.1) is 5.41 Å². The van der Waals surface area contributed by atoms with Gasteiger partial charge in [-0.3, -0.25) is 4.79 Å². The standard InChI is InChI=1S/C23H27NO5/c1-12(2)29-22(26)19-13(3)24-15-9-23(4,5)10-16(25)21(15)20(19)14-6-7-17-18(8-14)28-11-27-17/h6-8,12,20,24H,9-11H2,1-5H3. The number of dihydropyridines is 1. The first-order valence-corrected chi connectivity index (χ1v) is 10.0. The van der Waals surface area contributed by atoms with Gasteiger partial charge >= 0.3 is 5.97 Å². The molecule has 29 heavy (non-hydrogen) atoms. The number of nitrogens with one attached hydrogen (secondary N) is 1. The monoisotopic (exact) mass is 397 g/mol. The number of ether oxygens (including phenoxy) is 3. The average molecular weight is 397 g/mol. The van der Waals surface area contributed by atoms with Crippen LogP contribution in [0.4, 0.5) is 0 Å². The van der Waals surface area contributed by atoms with Gasteiger partial charge in [0.1, 0.15) is 0 Å². The van der Waals surface area contributed by atoms with Crippen molar-refractivity contribution in [2.75, 3.05) is 6.79 Å². The molecular formula is C23H27NO5. The van der Waals surface area contributed by atoms with Crippen molar-refractivity contribution in [3.8, 4) is 11.5 Å². The van der Waals surface area contributed by atoms with Crippen LogP contribution >= 0.6 is 0 Å². The molecule has 0 spiro atoms. The van der Waals surface area contributed by atoms with Crippen molar-refractivity contribution in [2.24, 2.45) is 5.41 Å². The molecule has 6 heteroatoms. The van der Waals surface area contributed by atoms with E-state index in [1.807, 2.05) is 39.0 Å². The van der Waals surface area contributed by atoms with E-state index in [2.05, 4.69) is 19.2 Å². The molecule has 0 bridgehead atoms. The number of fused-ring (bicyclic) bond motifs is 1. The Kier molecular flexibility index (Phi) is 4.68. The second-order valence-corrected chi connectivity index (χ2v) is 9.00. The van der Waals surface area contributed by atoms with E-state index in [9.17, 15) is 9.59 Å². The largest absolute Gasteiger partial charge is 0.460 e. The molecule has 0 saturated heterocycles. The van der Waals surface area contributed by atoms with Crippen molar-refractivity contribution in [1.82, 2.24) is 5.32 Å². The molecule has 3 aliphatic rings. The SMILES string of the molecule is CC1=C(C(=O)OC(C)C)C(c2ccc3c(c2)OCO3)C2=C(CC(C)(C)CC2=O)N1. The lowest BCUT2D eigenvalue weighted by Crippen LogP contribution is -2.39. The summed E-state index contributed by atoms with van der Waals surface area (Å²) in [5.74, 6) is 0.460. The van der Waals surface area contributed by atoms with Crippen LogP contribution in [-0.4, -0.2) is 24.6 Å². The molecule has 0 radical (unpaired) electrons. The number of carbonyl (C=O) groups is 2. The van der Waals surface area contributed by atoms with Crippen LogP contribution in [-0.2, 0) is 14.3 Å². The summed E-state index contributed by atoms with van der Waals surface area (Å²) in [6.07, 6.45) is 0.940. The molecule has 0 aromatic heterocycles. The van der Waals surface area contributed by atoms with Gasteiger partial charge in [0, 0.05) is 29.3 Å². The second-order valence-electron chi connectivity index (χ2n) is 9.00. The molecule has 154 valence electrons. The van der Waals surface area contributed by atoms with Gasteiger partial charge in [0.15, 0.2) is 17.3 Å². The Morgan fingerprint density at radius 1 is 1.21 bits per heavy atom. The maximum absolute atomic E-state index is 13.2. The predicted octanol–water partition coefficient (Wildman–Crippen LogP) is 3.97. The van der Waals surface area contributed by atoms with Gasteiger partial charge in [-0.2, -0.15) is 0 Å². The van der Waals surface area contributed by atoms with Crippen molar-refractivity contribution >= 4 is 11.8 Å². The molecule has 1 unspecified atom stereocenters. The highest BCUT2D eigenvalue weighted by molar-refractivity contribution is 6.04. The van der Waals surface area contributed by atoms with Crippen molar-refractivity contribution in [1.29, 1.82) is 0 Å². The van der Waals surface area contributed by atoms with Gasteiger partial charge in [-0.15, -0.1) is 0 Å². The van der Waals surface area contributed by atoms with Gasteiger partial charge < -0.3 is 19.5 Å². The topological polar surface area (TPSA) is 73.9 Å². The fourth-order valence-electron chi connectivity index (χ4n) is 4.41. The lowest BCUT2D eigenvalue weighted by molar-refractivity contribution is -0.143. The highest BCUT2D eigenvalue weighted by Gasteiger charge is 2.43. The van der Waals surface area contributed by atoms with Gasteiger partial charge in [0.05, 0.1) is 11.7 Å². The maximum atomic E-state index is 13.2. The third-order valence-corrected chi connectivity index (χ3v) is 5.53. The Hall–Kier alpha value is -2.76. The summed E-state index contributed by atoms with van der Waals surface area (Å²) in [6.45, 7) is 9.86. The summed E-state index contributed by atoms with van der Waals surface area (Å²) < 4.78 is 16.5. The second kappa shape index (κ2) is 6.94. The number of hydrogen-bond donors (Lipinski definition) is 1. The third-order valence-electron chi connectivity index (χ3n) is 5.53. The minimum atomic E-state index is -0.490. The quantitative estimate of drug-likeness (QED) is 0.778. The summed E-state index contributed by atoms with van der Waals surface area (Å²) in [4.78, 5) is 26.3. The van der Waals surface area contributed by atoms with Crippen LogP contribution in [0.1, 0.15) is 58.9 Å². The Morgan fingerprint density at radius 2 is 1.93 bits per heavy atom. The highest BCUT2D eigenvalue weighted by atomic mass is 16.7. The molecule has 2 heterocycles. The number of esters is 1. The minimum absolute atomic E-state index is 0.0637. The molecule has 2 aliphatic heterocycles. The molecule has 1 atom stereocenters. The van der Waals surface area contributed by atoms with Gasteiger partial charge in [-0.25, -0.2) is 4.79 Å². The average Bonchev–Trinajstić information content (AvgIpc) is 3.06. The lowest BCUT2D eigenvalue weighted by Gasteiger charge is -2.39. The van der Waals surface area contributed by atoms with Gasteiger partial charge in [-0.1, -0.05) is 19.9 Å². The molecule has 0 amide bonds. The van der Waals surface area contributed by atoms with Crippen molar-refractivity contribution in [2.45, 2.75) is 59.5 Å². The van der Waals surface area contributed by atoms with E-state index in [0.29, 0.717) is 29.1 Å². The van der Waals surface area contributed by atoms with E-state index in [4.69, 9.17) is 14.2 Å². The molecule has 6 nitrogen and oxygen atoms in total. The van der Waals surface area contributed by atoms with Gasteiger partial charge in [0.2, 0.25) is 6.79 Å². The van der Waals surface area contributed by atoms with E-state index in [0.717, 1.165) is 23.4 Å². The van der Waals surface area contributed by atoms with Crippen LogP contribution in [0.5, 0.6) is 11.5 Å². The normalized spacial score (nSPS) is 22.6. The number of benzene rings is 1. The molecule has 0 fully saturated rings. The smallest absolute Gasteiger partial charge is 0.337 e. The summed E-state index contributed by atoms with van der Waals surface area (Å²) in [5, 5.41) is 3.34. The fraction of sp³-hybridized carbons (Fsp3) is 0.478. The summed E-state index contributed by atoms with van der Waals surface area (Å²) in [5.41, 5.74) is 3.45. The molecule has 1 N–H and O–H groups in total. The first-order valence-electron chi connectivity index (χ1n) is 10.0. The maximum Gasteiger partial charge on any atom is 0.337 e. The van der Waals surface area contributed by atoms with Crippen molar-refractivity contribution in [3.05, 3.63) is 46.3 Å². The summed E-state index contributed by atoms with van der Waals surface area (Å²) in [7, 11) is 0. The number of rotatable bonds is 3. The highest BCUT2D eigenvalue weighted by Crippen LogP contribution is 2.48. The number of ketones is 1. The van der Waals surface area contributed by atoms with Gasteiger partial charge in [0.25, 0.3) is 0 Å². The third kappa shape index (κ3) is 3.52. The Labute approximate surface area is 170 Å².